The van der Waals surface area contributed by atoms with E-state index in [1.54, 1.807) is 11.3 Å². The van der Waals surface area contributed by atoms with E-state index in [9.17, 15) is 0 Å². The normalized spacial score (nSPS) is 13.2. The third-order valence-corrected chi connectivity index (χ3v) is 2.81. The fourth-order valence-corrected chi connectivity index (χ4v) is 2.24. The van der Waals surface area contributed by atoms with Crippen molar-refractivity contribution in [2.45, 2.75) is 26.8 Å². The highest BCUT2D eigenvalue weighted by Crippen LogP contribution is 2.21. The van der Waals surface area contributed by atoms with Crippen LogP contribution in [0.3, 0.4) is 0 Å². The van der Waals surface area contributed by atoms with Gasteiger partial charge in [0.2, 0.25) is 0 Å². The average Bonchev–Trinajstić information content (AvgIpc) is 2.41. The van der Waals surface area contributed by atoms with Crippen molar-refractivity contribution >= 4 is 11.3 Å². The van der Waals surface area contributed by atoms with Crippen LogP contribution in [-0.2, 0) is 0 Å². The summed E-state index contributed by atoms with van der Waals surface area (Å²) in [6.07, 6.45) is 0. The molecule has 2 N–H and O–H groups in total. The second-order valence-electron chi connectivity index (χ2n) is 3.07. The van der Waals surface area contributed by atoms with E-state index in [2.05, 4.69) is 24.1 Å². The fraction of sp³-hybridized carbons (Fsp3) is 0.667. The molecule has 1 rings (SSSR count). The van der Waals surface area contributed by atoms with Gasteiger partial charge in [0.25, 0.3) is 0 Å². The van der Waals surface area contributed by atoms with E-state index in [-0.39, 0.29) is 12.6 Å². The van der Waals surface area contributed by atoms with Gasteiger partial charge >= 0.3 is 0 Å². The quantitative estimate of drug-likeness (QED) is 0.772. The lowest BCUT2D eigenvalue weighted by Crippen LogP contribution is -2.22. The Morgan fingerprint density at radius 1 is 1.54 bits per heavy atom. The molecule has 1 aromatic heterocycles. The molecule has 0 aliphatic rings. The molecule has 13 heavy (non-hydrogen) atoms. The number of hydrogen-bond donors (Lipinski definition) is 2. The molecule has 1 aromatic rings. The minimum Gasteiger partial charge on any atom is -0.395 e. The summed E-state index contributed by atoms with van der Waals surface area (Å²) in [5, 5.41) is 13.0. The van der Waals surface area contributed by atoms with Crippen LogP contribution in [0.15, 0.2) is 0 Å². The zero-order valence-electron chi connectivity index (χ0n) is 8.29. The molecule has 0 bridgehead atoms. The maximum absolute atomic E-state index is 8.66. The lowest BCUT2D eigenvalue weighted by atomic mass is 10.2. The smallest absolute Gasteiger partial charge is 0.0900 e. The summed E-state index contributed by atoms with van der Waals surface area (Å²) in [6, 6.07) is 0.233. The van der Waals surface area contributed by atoms with Gasteiger partial charge in [-0.15, -0.1) is 11.3 Å². The second-order valence-corrected chi connectivity index (χ2v) is 4.48. The topological polar surface area (TPSA) is 45.2 Å². The molecule has 0 radical (unpaired) electrons. The third-order valence-electron chi connectivity index (χ3n) is 1.91. The van der Waals surface area contributed by atoms with Gasteiger partial charge in [-0.2, -0.15) is 0 Å². The van der Waals surface area contributed by atoms with E-state index in [1.165, 1.54) is 4.88 Å². The summed E-state index contributed by atoms with van der Waals surface area (Å²) >= 11 is 1.72. The minimum absolute atomic E-state index is 0.173. The first kappa shape index (κ1) is 10.6. The summed E-state index contributed by atoms with van der Waals surface area (Å²) in [5.74, 6) is 0. The Hall–Kier alpha value is -0.450. The monoisotopic (exact) mass is 200 g/mol. The van der Waals surface area contributed by atoms with Gasteiger partial charge in [0, 0.05) is 17.5 Å². The maximum Gasteiger partial charge on any atom is 0.0900 e. The van der Waals surface area contributed by atoms with Gasteiger partial charge in [0.1, 0.15) is 0 Å². The maximum atomic E-state index is 8.66. The summed E-state index contributed by atoms with van der Waals surface area (Å²) in [4.78, 5) is 5.70. The molecule has 0 aliphatic heterocycles. The van der Waals surface area contributed by atoms with Crippen LogP contribution in [0.4, 0.5) is 0 Å². The highest BCUT2D eigenvalue weighted by molar-refractivity contribution is 7.11. The molecule has 1 heterocycles. The van der Waals surface area contributed by atoms with Crippen molar-refractivity contribution in [2.24, 2.45) is 0 Å². The molecule has 1 unspecified atom stereocenters. The van der Waals surface area contributed by atoms with E-state index in [0.29, 0.717) is 6.54 Å². The van der Waals surface area contributed by atoms with Gasteiger partial charge in [-0.3, -0.25) is 0 Å². The number of aryl methyl sites for hydroxylation is 2. The number of aliphatic hydroxyl groups is 1. The first-order valence-electron chi connectivity index (χ1n) is 4.43. The van der Waals surface area contributed by atoms with Crippen molar-refractivity contribution in [3.05, 3.63) is 15.6 Å². The molecule has 3 nitrogen and oxygen atoms in total. The predicted molar refractivity (Wildman–Crippen MR) is 55.1 cm³/mol. The van der Waals surface area contributed by atoms with Gasteiger partial charge in [0.05, 0.1) is 17.3 Å². The lowest BCUT2D eigenvalue weighted by molar-refractivity contribution is 0.286. The molecule has 0 amide bonds. The number of aliphatic hydroxyl groups excluding tert-OH is 1. The molecule has 0 aromatic carbocycles. The van der Waals surface area contributed by atoms with Crippen LogP contribution in [0.25, 0.3) is 0 Å². The molecular weight excluding hydrogens is 184 g/mol. The number of nitrogens with one attached hydrogen (secondary N) is 1. The van der Waals surface area contributed by atoms with E-state index >= 15 is 0 Å². The zero-order valence-corrected chi connectivity index (χ0v) is 9.11. The molecule has 1 atom stereocenters. The van der Waals surface area contributed by atoms with Gasteiger partial charge in [0.15, 0.2) is 0 Å². The molecule has 0 spiro atoms. The number of aromatic nitrogens is 1. The van der Waals surface area contributed by atoms with Crippen molar-refractivity contribution in [1.29, 1.82) is 0 Å². The highest BCUT2D eigenvalue weighted by atomic mass is 32.1. The van der Waals surface area contributed by atoms with Crippen LogP contribution in [-0.4, -0.2) is 23.2 Å². The zero-order chi connectivity index (χ0) is 9.84. The minimum atomic E-state index is 0.173. The Morgan fingerprint density at radius 3 is 2.69 bits per heavy atom. The summed E-state index contributed by atoms with van der Waals surface area (Å²) in [6.45, 7) is 6.96. The summed E-state index contributed by atoms with van der Waals surface area (Å²) < 4.78 is 0. The number of rotatable bonds is 4. The van der Waals surface area contributed by atoms with Gasteiger partial charge in [-0.05, 0) is 20.8 Å². The largest absolute Gasteiger partial charge is 0.395 e. The third kappa shape index (κ3) is 2.76. The van der Waals surface area contributed by atoms with E-state index in [0.717, 1.165) is 10.7 Å². The Kier molecular flexibility index (Phi) is 3.84. The average molecular weight is 200 g/mol. The van der Waals surface area contributed by atoms with Crippen LogP contribution in [0.1, 0.15) is 28.5 Å². The lowest BCUT2D eigenvalue weighted by Gasteiger charge is -2.10. The van der Waals surface area contributed by atoms with E-state index in [4.69, 9.17) is 5.11 Å². The molecule has 74 valence electrons. The van der Waals surface area contributed by atoms with E-state index in [1.807, 2.05) is 6.92 Å². The van der Waals surface area contributed by atoms with Gasteiger partial charge in [-0.25, -0.2) is 4.98 Å². The molecular formula is C9H16N2OS. The predicted octanol–water partition coefficient (Wildman–Crippen LogP) is 1.40. The summed E-state index contributed by atoms with van der Waals surface area (Å²) in [5.41, 5.74) is 1.11. The first-order chi connectivity index (χ1) is 6.15. The molecule has 0 fully saturated rings. The molecule has 0 saturated carbocycles. The Bertz CT molecular complexity index is 273. The second kappa shape index (κ2) is 4.69. The standard InChI is InChI=1S/C9H16N2OS/c1-6(10-4-5-12)9-7(2)13-8(3)11-9/h6,10,12H,4-5H2,1-3H3. The van der Waals surface area contributed by atoms with Crippen LogP contribution in [0.2, 0.25) is 0 Å². The fourth-order valence-electron chi connectivity index (χ4n) is 1.32. The Morgan fingerprint density at radius 2 is 2.23 bits per heavy atom. The Labute approximate surface area is 82.8 Å². The van der Waals surface area contributed by atoms with Crippen molar-refractivity contribution in [2.75, 3.05) is 13.2 Å². The number of hydrogen-bond acceptors (Lipinski definition) is 4. The van der Waals surface area contributed by atoms with Crippen molar-refractivity contribution in [3.63, 3.8) is 0 Å². The first-order valence-corrected chi connectivity index (χ1v) is 5.25. The SMILES string of the molecule is Cc1nc(C(C)NCCO)c(C)s1. The van der Waals surface area contributed by atoms with Crippen LogP contribution < -0.4 is 5.32 Å². The van der Waals surface area contributed by atoms with Crippen LogP contribution in [0, 0.1) is 13.8 Å². The molecule has 0 aliphatic carbocycles. The van der Waals surface area contributed by atoms with E-state index < -0.39 is 0 Å². The number of thiazole rings is 1. The van der Waals surface area contributed by atoms with Crippen molar-refractivity contribution in [3.8, 4) is 0 Å². The van der Waals surface area contributed by atoms with Crippen LogP contribution in [0.5, 0.6) is 0 Å². The Balaban J connectivity index is 2.64. The summed E-state index contributed by atoms with van der Waals surface area (Å²) in [7, 11) is 0. The van der Waals surface area contributed by atoms with Crippen LogP contribution >= 0.6 is 11.3 Å². The molecule has 0 saturated heterocycles. The van der Waals surface area contributed by atoms with Gasteiger partial charge < -0.3 is 10.4 Å². The van der Waals surface area contributed by atoms with Gasteiger partial charge in [-0.1, -0.05) is 0 Å². The molecule has 4 heteroatoms. The highest BCUT2D eigenvalue weighted by Gasteiger charge is 2.11. The number of nitrogens with zero attached hydrogens (tertiary/aromatic N) is 1. The van der Waals surface area contributed by atoms with Crippen molar-refractivity contribution < 1.29 is 5.11 Å². The van der Waals surface area contributed by atoms with Crippen molar-refractivity contribution in [1.82, 2.24) is 10.3 Å².